The third-order valence-corrected chi connectivity index (χ3v) is 4.66. The fourth-order valence-electron chi connectivity index (χ4n) is 3.26. The molecule has 1 amide bonds. The van der Waals surface area contributed by atoms with Gasteiger partial charge in [-0.05, 0) is 37.6 Å². The zero-order valence-corrected chi connectivity index (χ0v) is 14.6. The molecule has 0 radical (unpaired) electrons. The van der Waals surface area contributed by atoms with E-state index in [2.05, 4.69) is 5.32 Å². The van der Waals surface area contributed by atoms with Crippen molar-refractivity contribution in [2.75, 3.05) is 27.3 Å². The van der Waals surface area contributed by atoms with E-state index in [1.807, 2.05) is 12.1 Å². The molecule has 3 atom stereocenters. The molecule has 1 aromatic carbocycles. The molecular formula is C17H23ClN2O4. The summed E-state index contributed by atoms with van der Waals surface area (Å²) in [7, 11) is 3.35. The highest BCUT2D eigenvalue weighted by molar-refractivity contribution is 6.30. The Morgan fingerprint density at radius 2 is 2.21 bits per heavy atom. The van der Waals surface area contributed by atoms with Crippen molar-refractivity contribution in [3.8, 4) is 0 Å². The summed E-state index contributed by atoms with van der Waals surface area (Å²) in [6, 6.07) is 6.23. The van der Waals surface area contributed by atoms with Crippen molar-refractivity contribution in [2.24, 2.45) is 5.92 Å². The number of likely N-dealkylation sites (tertiary alicyclic amines) is 1. The van der Waals surface area contributed by atoms with Crippen LogP contribution in [-0.4, -0.2) is 55.2 Å². The maximum absolute atomic E-state index is 12.6. The number of hydrogen-bond donors (Lipinski definition) is 2. The van der Waals surface area contributed by atoms with Crippen LogP contribution in [0.2, 0.25) is 5.02 Å². The van der Waals surface area contributed by atoms with E-state index < -0.39 is 17.9 Å². The number of nitrogens with zero attached hydrogens (tertiary/aromatic N) is 1. The Morgan fingerprint density at radius 1 is 1.46 bits per heavy atom. The number of ether oxygens (including phenoxy) is 1. The van der Waals surface area contributed by atoms with Crippen molar-refractivity contribution < 1.29 is 19.4 Å². The highest BCUT2D eigenvalue weighted by Gasteiger charge is 2.46. The number of rotatable bonds is 7. The van der Waals surface area contributed by atoms with Gasteiger partial charge in [-0.1, -0.05) is 23.7 Å². The van der Waals surface area contributed by atoms with Crippen molar-refractivity contribution in [1.29, 1.82) is 0 Å². The third kappa shape index (κ3) is 4.26. The molecule has 1 heterocycles. The topological polar surface area (TPSA) is 78.9 Å². The summed E-state index contributed by atoms with van der Waals surface area (Å²) >= 11 is 6.07. The SMILES string of the molecule is COCCCNC(=O)[C@@H]1C[C@H](C(=O)O)N(C)[C@@H]1c1cccc(Cl)c1. The van der Waals surface area contributed by atoms with Crippen LogP contribution in [0.5, 0.6) is 0 Å². The second-order valence-corrected chi connectivity index (χ2v) is 6.44. The third-order valence-electron chi connectivity index (χ3n) is 4.43. The number of hydrogen-bond acceptors (Lipinski definition) is 4. The molecule has 2 rings (SSSR count). The number of carboxylic acids is 1. The van der Waals surface area contributed by atoms with E-state index in [0.29, 0.717) is 18.2 Å². The summed E-state index contributed by atoms with van der Waals surface area (Å²) in [5.74, 6) is -1.48. The predicted octanol–water partition coefficient (Wildman–Crippen LogP) is 1.94. The lowest BCUT2D eigenvalue weighted by molar-refractivity contribution is -0.142. The molecule has 0 saturated carbocycles. The van der Waals surface area contributed by atoms with Gasteiger partial charge in [-0.2, -0.15) is 0 Å². The number of carbonyl (C=O) groups excluding carboxylic acids is 1. The molecule has 1 aromatic rings. The second-order valence-electron chi connectivity index (χ2n) is 6.00. The van der Waals surface area contributed by atoms with Crippen LogP contribution in [0.25, 0.3) is 0 Å². The maximum atomic E-state index is 12.6. The van der Waals surface area contributed by atoms with Gasteiger partial charge in [0.05, 0.1) is 5.92 Å². The quantitative estimate of drug-likeness (QED) is 0.731. The molecule has 0 aromatic heterocycles. The molecule has 24 heavy (non-hydrogen) atoms. The molecule has 7 heteroatoms. The van der Waals surface area contributed by atoms with Gasteiger partial charge in [0, 0.05) is 31.3 Å². The summed E-state index contributed by atoms with van der Waals surface area (Å²) in [6.45, 7) is 1.08. The first-order chi connectivity index (χ1) is 11.5. The van der Waals surface area contributed by atoms with Crippen LogP contribution in [-0.2, 0) is 14.3 Å². The molecule has 0 aliphatic carbocycles. The summed E-state index contributed by atoms with van der Waals surface area (Å²) < 4.78 is 4.97. The molecule has 0 unspecified atom stereocenters. The molecule has 0 bridgehead atoms. The standard InChI is InChI=1S/C17H23ClN2O4/c1-20-14(17(22)23)10-13(16(21)19-7-4-8-24-2)15(20)11-5-3-6-12(18)9-11/h3,5-6,9,13-15H,4,7-8,10H2,1-2H3,(H,19,21)(H,22,23)/t13-,14-,15-/m1/s1. The molecule has 1 aliphatic heterocycles. The summed E-state index contributed by atoms with van der Waals surface area (Å²) in [6.07, 6.45) is 0.994. The van der Waals surface area contributed by atoms with Crippen molar-refractivity contribution >= 4 is 23.5 Å². The van der Waals surface area contributed by atoms with E-state index in [0.717, 1.165) is 12.0 Å². The maximum Gasteiger partial charge on any atom is 0.320 e. The number of benzene rings is 1. The smallest absolute Gasteiger partial charge is 0.320 e. The molecule has 1 fully saturated rings. The minimum absolute atomic E-state index is 0.133. The highest BCUT2D eigenvalue weighted by Crippen LogP contribution is 2.40. The largest absolute Gasteiger partial charge is 0.480 e. The number of amides is 1. The Bertz CT molecular complexity index is 596. The van der Waals surface area contributed by atoms with Crippen molar-refractivity contribution in [3.63, 3.8) is 0 Å². The van der Waals surface area contributed by atoms with Crippen LogP contribution in [0.4, 0.5) is 0 Å². The Balaban J connectivity index is 2.19. The zero-order chi connectivity index (χ0) is 17.7. The Morgan fingerprint density at radius 3 is 2.83 bits per heavy atom. The van der Waals surface area contributed by atoms with Gasteiger partial charge in [0.1, 0.15) is 6.04 Å². The van der Waals surface area contributed by atoms with Gasteiger partial charge in [0.15, 0.2) is 0 Å². The lowest BCUT2D eigenvalue weighted by atomic mass is 9.92. The molecule has 132 valence electrons. The Labute approximate surface area is 146 Å². The van der Waals surface area contributed by atoms with Gasteiger partial charge in [-0.25, -0.2) is 0 Å². The lowest BCUT2D eigenvalue weighted by Crippen LogP contribution is -2.36. The number of carboxylic acid groups (broad SMARTS) is 1. The van der Waals surface area contributed by atoms with E-state index >= 15 is 0 Å². The number of likely N-dealkylation sites (N-methyl/N-ethyl adjacent to an activating group) is 1. The highest BCUT2D eigenvalue weighted by atomic mass is 35.5. The number of halogens is 1. The van der Waals surface area contributed by atoms with E-state index in [1.165, 1.54) is 0 Å². The van der Waals surface area contributed by atoms with Gasteiger partial charge in [0.25, 0.3) is 0 Å². The first-order valence-electron chi connectivity index (χ1n) is 7.92. The fourth-order valence-corrected chi connectivity index (χ4v) is 3.45. The van der Waals surface area contributed by atoms with Crippen molar-refractivity contribution in [3.05, 3.63) is 34.9 Å². The van der Waals surface area contributed by atoms with Gasteiger partial charge in [-0.15, -0.1) is 0 Å². The van der Waals surface area contributed by atoms with E-state index in [-0.39, 0.29) is 18.4 Å². The molecular weight excluding hydrogens is 332 g/mol. The van der Waals surface area contributed by atoms with Crippen molar-refractivity contribution in [1.82, 2.24) is 10.2 Å². The van der Waals surface area contributed by atoms with Crippen LogP contribution < -0.4 is 5.32 Å². The average molecular weight is 355 g/mol. The van der Waals surface area contributed by atoms with Crippen molar-refractivity contribution in [2.45, 2.75) is 24.9 Å². The summed E-state index contributed by atoms with van der Waals surface area (Å²) in [4.78, 5) is 25.8. The first kappa shape index (κ1) is 18.7. The van der Waals surface area contributed by atoms with Crippen LogP contribution in [0.3, 0.4) is 0 Å². The van der Waals surface area contributed by atoms with Crippen LogP contribution in [0, 0.1) is 5.92 Å². The van der Waals surface area contributed by atoms with Gasteiger partial charge >= 0.3 is 5.97 Å². The van der Waals surface area contributed by atoms with Gasteiger partial charge < -0.3 is 15.2 Å². The minimum Gasteiger partial charge on any atom is -0.480 e. The molecule has 0 spiro atoms. The van der Waals surface area contributed by atoms with E-state index in [1.54, 1.807) is 31.2 Å². The zero-order valence-electron chi connectivity index (χ0n) is 13.9. The lowest BCUT2D eigenvalue weighted by Gasteiger charge is -2.26. The fraction of sp³-hybridized carbons (Fsp3) is 0.529. The number of methoxy groups -OCH3 is 1. The monoisotopic (exact) mass is 354 g/mol. The normalized spacial score (nSPS) is 24.0. The van der Waals surface area contributed by atoms with Crippen LogP contribution in [0.1, 0.15) is 24.4 Å². The summed E-state index contributed by atoms with van der Waals surface area (Å²) in [5, 5.41) is 12.9. The average Bonchev–Trinajstić information content (AvgIpc) is 2.89. The first-order valence-corrected chi connectivity index (χ1v) is 8.30. The Hall–Kier alpha value is -1.63. The Kier molecular flexibility index (Phi) is 6.60. The van der Waals surface area contributed by atoms with Crippen LogP contribution in [0.15, 0.2) is 24.3 Å². The minimum atomic E-state index is -0.917. The molecule has 6 nitrogen and oxygen atoms in total. The number of nitrogens with one attached hydrogen (secondary N) is 1. The summed E-state index contributed by atoms with van der Waals surface area (Å²) in [5.41, 5.74) is 0.853. The molecule has 2 N–H and O–H groups in total. The molecule has 1 saturated heterocycles. The van der Waals surface area contributed by atoms with E-state index in [9.17, 15) is 14.7 Å². The van der Waals surface area contributed by atoms with Gasteiger partial charge in [-0.3, -0.25) is 14.5 Å². The predicted molar refractivity (Wildman–Crippen MR) is 91.0 cm³/mol. The number of carbonyl (C=O) groups is 2. The molecule has 1 aliphatic rings. The van der Waals surface area contributed by atoms with Gasteiger partial charge in [0.2, 0.25) is 5.91 Å². The van der Waals surface area contributed by atoms with E-state index in [4.69, 9.17) is 16.3 Å². The van der Waals surface area contributed by atoms with Crippen LogP contribution >= 0.6 is 11.6 Å². The second kappa shape index (κ2) is 8.46. The number of aliphatic carboxylic acids is 1.